The van der Waals surface area contributed by atoms with Gasteiger partial charge in [0.05, 0.1) is 13.1 Å². The van der Waals surface area contributed by atoms with Gasteiger partial charge in [-0.1, -0.05) is 41.4 Å². The van der Waals surface area contributed by atoms with Gasteiger partial charge in [0, 0.05) is 31.7 Å². The van der Waals surface area contributed by atoms with Crippen LogP contribution >= 0.6 is 34.5 Å². The van der Waals surface area contributed by atoms with Gasteiger partial charge in [0.15, 0.2) is 4.84 Å². The van der Waals surface area contributed by atoms with E-state index in [2.05, 4.69) is 0 Å². The fraction of sp³-hybridized carbons (Fsp3) is 0.400. The van der Waals surface area contributed by atoms with Crippen LogP contribution in [0.25, 0.3) is 0 Å². The predicted molar refractivity (Wildman–Crippen MR) is 114 cm³/mol. The lowest BCUT2D eigenvalue weighted by Gasteiger charge is -2.28. The van der Waals surface area contributed by atoms with Gasteiger partial charge in [-0.15, -0.1) is 11.3 Å². The molecule has 0 bridgehead atoms. The maximum Gasteiger partial charge on any atom is 0.256 e. The molecule has 0 aliphatic carbocycles. The second-order valence-corrected chi connectivity index (χ2v) is 8.49. The van der Waals surface area contributed by atoms with Gasteiger partial charge < -0.3 is 14.5 Å². The molecule has 0 saturated heterocycles. The number of rotatable bonds is 11. The maximum atomic E-state index is 13.2. The van der Waals surface area contributed by atoms with E-state index in [1.54, 1.807) is 24.1 Å². The van der Waals surface area contributed by atoms with E-state index >= 15 is 0 Å². The van der Waals surface area contributed by atoms with Crippen molar-refractivity contribution in [2.45, 2.75) is 24.3 Å². The van der Waals surface area contributed by atoms with Crippen molar-refractivity contribution < 1.29 is 18.7 Å². The number of thiophene rings is 1. The van der Waals surface area contributed by atoms with E-state index in [0.29, 0.717) is 32.7 Å². The van der Waals surface area contributed by atoms with Gasteiger partial charge >= 0.3 is 0 Å². The summed E-state index contributed by atoms with van der Waals surface area (Å²) in [6, 6.07) is 9.83. The lowest BCUT2D eigenvalue weighted by Crippen LogP contribution is -2.44. The van der Waals surface area contributed by atoms with Crippen LogP contribution < -0.4 is 0 Å². The average Bonchev–Trinajstić information content (AvgIpc) is 3.21. The molecule has 0 saturated carbocycles. The smallest absolute Gasteiger partial charge is 0.256 e. The lowest BCUT2D eigenvalue weighted by atomic mass is 10.2. The summed E-state index contributed by atoms with van der Waals surface area (Å²) in [6.07, 6.45) is 0.554. The zero-order valence-corrected chi connectivity index (χ0v) is 18.4. The summed E-state index contributed by atoms with van der Waals surface area (Å²) in [4.78, 5) is 28.1. The van der Waals surface area contributed by atoms with Crippen molar-refractivity contribution in [3.63, 3.8) is 0 Å². The van der Waals surface area contributed by atoms with Gasteiger partial charge in [0.1, 0.15) is 5.82 Å². The molecule has 29 heavy (non-hydrogen) atoms. The summed E-state index contributed by atoms with van der Waals surface area (Å²) in [7, 11) is 1.56. The highest BCUT2D eigenvalue weighted by Crippen LogP contribution is 2.16. The molecule has 2 amide bonds. The van der Waals surface area contributed by atoms with Crippen molar-refractivity contribution in [2.24, 2.45) is 0 Å². The Morgan fingerprint density at radius 1 is 1.14 bits per heavy atom. The van der Waals surface area contributed by atoms with E-state index in [-0.39, 0.29) is 18.3 Å². The third-order valence-electron chi connectivity index (χ3n) is 4.17. The second kappa shape index (κ2) is 12.1. The minimum atomic E-state index is -1.24. The Morgan fingerprint density at radius 3 is 2.45 bits per heavy atom. The number of hydrogen-bond donors (Lipinski definition) is 0. The molecule has 5 nitrogen and oxygen atoms in total. The van der Waals surface area contributed by atoms with Crippen LogP contribution in [-0.4, -0.2) is 53.3 Å². The van der Waals surface area contributed by atoms with Gasteiger partial charge in [0.25, 0.3) is 5.91 Å². The molecule has 0 radical (unpaired) electrons. The molecule has 0 spiro atoms. The number of hydrogen-bond acceptors (Lipinski definition) is 4. The Bertz CT molecular complexity index is 773. The quantitative estimate of drug-likeness (QED) is 0.374. The number of methoxy groups -OCH3 is 1. The molecule has 0 unspecified atom stereocenters. The van der Waals surface area contributed by atoms with Gasteiger partial charge in [-0.05, 0) is 35.6 Å². The highest BCUT2D eigenvalue weighted by atomic mass is 35.5. The van der Waals surface area contributed by atoms with Crippen molar-refractivity contribution in [3.8, 4) is 0 Å². The first kappa shape index (κ1) is 23.6. The van der Waals surface area contributed by atoms with Crippen molar-refractivity contribution in [3.05, 3.63) is 58.0 Å². The summed E-state index contributed by atoms with van der Waals surface area (Å²) in [5.41, 5.74) is 0.793. The number of nitrogens with zero attached hydrogens (tertiary/aromatic N) is 2. The van der Waals surface area contributed by atoms with E-state index in [9.17, 15) is 14.0 Å². The Kier molecular flexibility index (Phi) is 9.87. The monoisotopic (exact) mass is 460 g/mol. The van der Waals surface area contributed by atoms with Crippen LogP contribution in [0.3, 0.4) is 0 Å². The topological polar surface area (TPSA) is 49.9 Å². The summed E-state index contributed by atoms with van der Waals surface area (Å²) in [5, 5.41) is 1.93. The van der Waals surface area contributed by atoms with Crippen LogP contribution in [0, 0.1) is 5.82 Å². The first-order valence-electron chi connectivity index (χ1n) is 9.01. The molecule has 0 atom stereocenters. The van der Waals surface area contributed by atoms with Gasteiger partial charge in [0.2, 0.25) is 5.91 Å². The first-order chi connectivity index (χ1) is 13.9. The molecule has 0 N–H and O–H groups in total. The molecule has 1 aromatic heterocycles. The number of amides is 2. The zero-order valence-electron chi connectivity index (χ0n) is 16.0. The fourth-order valence-corrected chi connectivity index (χ4v) is 3.70. The summed E-state index contributed by atoms with van der Waals surface area (Å²) in [5.74, 6) is -1.10. The zero-order chi connectivity index (χ0) is 21.2. The molecule has 158 valence electrons. The molecular weight excluding hydrogens is 438 g/mol. The second-order valence-electron chi connectivity index (χ2n) is 6.36. The lowest BCUT2D eigenvalue weighted by molar-refractivity contribution is -0.140. The highest BCUT2D eigenvalue weighted by Gasteiger charge is 2.25. The van der Waals surface area contributed by atoms with Crippen LogP contribution in [-0.2, 0) is 27.4 Å². The molecule has 1 aromatic carbocycles. The minimum Gasteiger partial charge on any atom is -0.385 e. The molecular formula is C20H23Cl2FN2O3S. The van der Waals surface area contributed by atoms with Crippen LogP contribution in [0.2, 0.25) is 0 Å². The van der Waals surface area contributed by atoms with E-state index in [0.717, 1.165) is 10.4 Å². The Labute approximate surface area is 184 Å². The minimum absolute atomic E-state index is 0.148. The number of carbonyl (C=O) groups is 2. The third-order valence-corrected chi connectivity index (χ3v) is 5.40. The Morgan fingerprint density at radius 2 is 1.86 bits per heavy atom. The predicted octanol–water partition coefficient (Wildman–Crippen LogP) is 4.08. The Balaban J connectivity index is 2.14. The molecule has 0 aliphatic rings. The Hall–Kier alpha value is -1.67. The van der Waals surface area contributed by atoms with Gasteiger partial charge in [-0.2, -0.15) is 0 Å². The summed E-state index contributed by atoms with van der Waals surface area (Å²) >= 11 is 13.0. The van der Waals surface area contributed by atoms with Crippen LogP contribution in [0.1, 0.15) is 16.9 Å². The highest BCUT2D eigenvalue weighted by molar-refractivity contribution is 7.09. The molecule has 9 heteroatoms. The normalized spacial score (nSPS) is 10.9. The van der Waals surface area contributed by atoms with Gasteiger partial charge in [-0.25, -0.2) is 4.39 Å². The number of benzene rings is 1. The van der Waals surface area contributed by atoms with E-state index < -0.39 is 10.7 Å². The largest absolute Gasteiger partial charge is 0.385 e. The summed E-state index contributed by atoms with van der Waals surface area (Å²) in [6.45, 7) is 1.28. The van der Waals surface area contributed by atoms with E-state index in [1.165, 1.54) is 28.4 Å². The van der Waals surface area contributed by atoms with Crippen molar-refractivity contribution in [1.82, 2.24) is 9.80 Å². The molecule has 2 aromatic rings. The average molecular weight is 461 g/mol. The maximum absolute atomic E-state index is 13.2. The van der Waals surface area contributed by atoms with Crippen LogP contribution in [0.5, 0.6) is 0 Å². The van der Waals surface area contributed by atoms with Crippen LogP contribution in [0.15, 0.2) is 41.8 Å². The van der Waals surface area contributed by atoms with E-state index in [4.69, 9.17) is 27.9 Å². The number of halogens is 3. The fourth-order valence-electron chi connectivity index (χ4n) is 2.70. The van der Waals surface area contributed by atoms with Crippen LogP contribution in [0.4, 0.5) is 4.39 Å². The first-order valence-corrected chi connectivity index (χ1v) is 10.8. The number of carbonyl (C=O) groups excluding carboxylic acids is 2. The molecule has 0 fully saturated rings. The van der Waals surface area contributed by atoms with Gasteiger partial charge in [-0.3, -0.25) is 9.59 Å². The standard InChI is InChI=1S/C20H23Cl2FN2O3S/c1-28-10-3-9-24(20(27)19(21)22)14-18(26)25(13-17-4-2-11-29-17)12-15-5-7-16(23)8-6-15/h2,4-8,11,19H,3,9-10,12-14H2,1H3. The summed E-state index contributed by atoms with van der Waals surface area (Å²) < 4.78 is 18.2. The molecule has 2 rings (SSSR count). The van der Waals surface area contributed by atoms with Crippen molar-refractivity contribution >= 4 is 46.4 Å². The van der Waals surface area contributed by atoms with Crippen molar-refractivity contribution in [2.75, 3.05) is 26.8 Å². The molecule has 0 aliphatic heterocycles. The number of alkyl halides is 2. The number of ether oxygens (including phenoxy) is 1. The van der Waals surface area contributed by atoms with E-state index in [1.807, 2.05) is 17.5 Å². The third kappa shape index (κ3) is 7.93. The molecule has 1 heterocycles. The SMILES string of the molecule is COCCCN(CC(=O)N(Cc1ccc(F)cc1)Cc1cccs1)C(=O)C(Cl)Cl. The van der Waals surface area contributed by atoms with Crippen molar-refractivity contribution in [1.29, 1.82) is 0 Å².